The van der Waals surface area contributed by atoms with E-state index < -0.39 is 34.4 Å². The van der Waals surface area contributed by atoms with E-state index in [0.717, 1.165) is 6.07 Å². The van der Waals surface area contributed by atoms with Crippen LogP contribution >= 0.6 is 34.8 Å². The maximum atomic E-state index is 15.2. The third kappa shape index (κ3) is 4.26. The molecule has 3 nitrogen and oxygen atoms in total. The van der Waals surface area contributed by atoms with Crippen molar-refractivity contribution in [3.05, 3.63) is 69.2 Å². The quantitative estimate of drug-likeness (QED) is 0.338. The summed E-state index contributed by atoms with van der Waals surface area (Å²) in [6.07, 6.45) is 0.333. The van der Waals surface area contributed by atoms with Crippen LogP contribution in [0.2, 0.25) is 10.0 Å². The summed E-state index contributed by atoms with van der Waals surface area (Å²) >= 11 is 17.9. The molecule has 3 atom stereocenters. The first kappa shape index (κ1) is 23.8. The second-order valence-corrected chi connectivity index (χ2v) is 10.2. The van der Waals surface area contributed by atoms with Crippen LogP contribution in [0.15, 0.2) is 36.4 Å². The van der Waals surface area contributed by atoms with E-state index in [1.165, 1.54) is 29.2 Å². The Morgan fingerprint density at radius 2 is 1.94 bits per heavy atom. The number of carbonyl (C=O) groups excluding carboxylic acids is 1. The molecule has 0 aliphatic carbocycles. The summed E-state index contributed by atoms with van der Waals surface area (Å²) in [6.45, 7) is 5.77. The van der Waals surface area contributed by atoms with Gasteiger partial charge < -0.3 is 4.90 Å². The molecule has 0 aromatic heterocycles. The van der Waals surface area contributed by atoms with Crippen LogP contribution in [0.1, 0.15) is 44.2 Å². The lowest BCUT2D eigenvalue weighted by Gasteiger charge is -2.38. The van der Waals surface area contributed by atoms with Crippen LogP contribution in [-0.4, -0.2) is 22.9 Å². The highest BCUT2D eigenvalue weighted by Gasteiger charge is 2.59. The fourth-order valence-electron chi connectivity index (χ4n) is 4.53. The van der Waals surface area contributed by atoms with Crippen molar-refractivity contribution in [3.63, 3.8) is 0 Å². The molecule has 0 unspecified atom stereocenters. The fraction of sp³-hybridized carbons (Fsp3) is 0.391. The minimum Gasteiger partial charge on any atom is -0.324 e. The topological polar surface area (TPSA) is 44.1 Å². The van der Waals surface area contributed by atoms with Crippen molar-refractivity contribution in [1.29, 1.82) is 5.26 Å². The third-order valence-electron chi connectivity index (χ3n) is 5.78. The number of nitrogens with zero attached hydrogens (tertiary/aromatic N) is 2. The van der Waals surface area contributed by atoms with Gasteiger partial charge in [-0.1, -0.05) is 62.2 Å². The maximum absolute atomic E-state index is 15.2. The molecular weight excluding hydrogens is 465 g/mol. The first-order valence-electron chi connectivity index (χ1n) is 9.69. The first-order valence-corrected chi connectivity index (χ1v) is 10.8. The van der Waals surface area contributed by atoms with Crippen molar-refractivity contribution in [2.45, 2.75) is 44.6 Å². The summed E-state index contributed by atoms with van der Waals surface area (Å²) in [7, 11) is 0. The Kier molecular flexibility index (Phi) is 6.58. The highest BCUT2D eigenvalue weighted by atomic mass is 35.5. The summed E-state index contributed by atoms with van der Waals surface area (Å²) in [5.74, 6) is -2.31. The summed E-state index contributed by atoms with van der Waals surface area (Å²) in [5.41, 5.74) is -1.79. The normalized spacial score (nSPS) is 23.6. The van der Waals surface area contributed by atoms with Gasteiger partial charge in [0, 0.05) is 23.0 Å². The number of nitriles is 1. The molecule has 1 aliphatic heterocycles. The van der Waals surface area contributed by atoms with Crippen LogP contribution in [0.25, 0.3) is 0 Å². The highest BCUT2D eigenvalue weighted by molar-refractivity contribution is 6.62. The van der Waals surface area contributed by atoms with E-state index in [1.807, 2.05) is 20.8 Å². The Balaban J connectivity index is 2.37. The van der Waals surface area contributed by atoms with E-state index in [0.29, 0.717) is 6.42 Å². The second-order valence-electron chi connectivity index (χ2n) is 8.99. The molecule has 0 saturated carbocycles. The van der Waals surface area contributed by atoms with Crippen molar-refractivity contribution in [3.8, 4) is 6.07 Å². The molecule has 1 amide bonds. The lowest BCUT2D eigenvalue weighted by atomic mass is 9.64. The van der Waals surface area contributed by atoms with Crippen molar-refractivity contribution in [1.82, 2.24) is 4.90 Å². The predicted octanol–water partition coefficient (Wildman–Crippen LogP) is 7.30. The summed E-state index contributed by atoms with van der Waals surface area (Å²) in [4.78, 5) is 13.7. The molecule has 1 heterocycles. The minimum absolute atomic E-state index is 0.0402. The average molecular weight is 486 g/mol. The molecule has 0 bridgehead atoms. The molecule has 0 spiro atoms. The number of hydrogen-bond donors (Lipinski definition) is 0. The lowest BCUT2D eigenvalue weighted by Crippen LogP contribution is -2.46. The van der Waals surface area contributed by atoms with Gasteiger partial charge >= 0.3 is 5.37 Å². The molecule has 0 N–H and O–H groups in total. The number of amides is 1. The van der Waals surface area contributed by atoms with Crippen LogP contribution in [0.4, 0.5) is 13.6 Å². The van der Waals surface area contributed by atoms with E-state index >= 15 is 8.78 Å². The molecule has 8 heteroatoms. The van der Waals surface area contributed by atoms with Gasteiger partial charge in [0.2, 0.25) is 0 Å². The second kappa shape index (κ2) is 8.58. The zero-order valence-electron chi connectivity index (χ0n) is 17.2. The zero-order chi connectivity index (χ0) is 23.1. The van der Waals surface area contributed by atoms with E-state index in [1.54, 1.807) is 6.07 Å². The maximum Gasteiger partial charge on any atom is 0.316 e. The Bertz CT molecular complexity index is 1060. The van der Waals surface area contributed by atoms with Crippen molar-refractivity contribution >= 4 is 40.2 Å². The predicted molar refractivity (Wildman–Crippen MR) is 119 cm³/mol. The third-order valence-corrected chi connectivity index (χ3v) is 6.53. The number of carbonyl (C=O) groups is 1. The van der Waals surface area contributed by atoms with Crippen LogP contribution in [0.5, 0.6) is 0 Å². The summed E-state index contributed by atoms with van der Waals surface area (Å²) in [5, 5.41) is 9.79. The van der Waals surface area contributed by atoms with Crippen molar-refractivity contribution in [2.24, 2.45) is 5.41 Å². The Labute approximate surface area is 195 Å². The molecule has 2 aromatic rings. The van der Waals surface area contributed by atoms with Crippen molar-refractivity contribution in [2.75, 3.05) is 6.54 Å². The van der Waals surface area contributed by atoms with E-state index in [2.05, 4.69) is 6.07 Å². The van der Waals surface area contributed by atoms with Crippen LogP contribution in [0.3, 0.4) is 0 Å². The lowest BCUT2D eigenvalue weighted by molar-refractivity contribution is 0.178. The van der Waals surface area contributed by atoms with Crippen LogP contribution in [-0.2, 0) is 5.41 Å². The van der Waals surface area contributed by atoms with Gasteiger partial charge in [0.25, 0.3) is 0 Å². The molecule has 164 valence electrons. The van der Waals surface area contributed by atoms with Crippen LogP contribution in [0, 0.1) is 28.4 Å². The van der Waals surface area contributed by atoms with Gasteiger partial charge in [-0.2, -0.15) is 5.26 Å². The van der Waals surface area contributed by atoms with Gasteiger partial charge in [-0.15, -0.1) is 0 Å². The molecule has 0 radical (unpaired) electrons. The summed E-state index contributed by atoms with van der Waals surface area (Å²) in [6, 6.07) is 9.92. The molecular formula is C23H21Cl3F2N2O. The minimum atomic E-state index is -1.61. The van der Waals surface area contributed by atoms with E-state index in [4.69, 9.17) is 34.8 Å². The standard InChI is InChI=1S/C23H21Cl3F2N2O/c1-22(2,3)10-19-23(12-29,15-8-7-13(24)9-18(15)27)16(11-30(19)21(26)31)14-5-4-6-17(25)20(14)28/h4-9,16,19H,10-11H2,1-3H3/t16-,19+,23-/m1/s1. The average Bonchev–Trinajstić information content (AvgIpc) is 2.97. The monoisotopic (exact) mass is 484 g/mol. The molecule has 2 aromatic carbocycles. The number of likely N-dealkylation sites (tertiary alicyclic amines) is 1. The number of hydrogen-bond acceptors (Lipinski definition) is 2. The van der Waals surface area contributed by atoms with E-state index in [9.17, 15) is 10.1 Å². The molecule has 1 fully saturated rings. The number of halogens is 5. The van der Waals surface area contributed by atoms with Crippen LogP contribution < -0.4 is 0 Å². The van der Waals surface area contributed by atoms with Gasteiger partial charge in [-0.3, -0.25) is 4.79 Å². The number of rotatable bonds is 3. The highest BCUT2D eigenvalue weighted by Crippen LogP contribution is 2.53. The smallest absolute Gasteiger partial charge is 0.316 e. The number of benzene rings is 2. The summed E-state index contributed by atoms with van der Waals surface area (Å²) < 4.78 is 30.4. The molecule has 3 rings (SSSR count). The molecule has 1 aliphatic rings. The van der Waals surface area contributed by atoms with E-state index in [-0.39, 0.29) is 33.1 Å². The Morgan fingerprint density at radius 1 is 1.26 bits per heavy atom. The Morgan fingerprint density at radius 3 is 2.48 bits per heavy atom. The molecule has 31 heavy (non-hydrogen) atoms. The van der Waals surface area contributed by atoms with Gasteiger partial charge in [0.05, 0.1) is 17.1 Å². The van der Waals surface area contributed by atoms with Crippen molar-refractivity contribution < 1.29 is 13.6 Å². The first-order chi connectivity index (χ1) is 14.4. The zero-order valence-corrected chi connectivity index (χ0v) is 19.5. The SMILES string of the molecule is CC(C)(C)C[C@@H]1N(C(=O)Cl)C[C@H](c2cccc(Cl)c2F)[C@@]1(C#N)c1ccc(Cl)cc1F. The largest absolute Gasteiger partial charge is 0.324 e. The fourth-order valence-corrected chi connectivity index (χ4v) is 5.06. The Hall–Kier alpha value is -1.87. The van der Waals surface area contributed by atoms with Gasteiger partial charge in [0.1, 0.15) is 17.0 Å². The van der Waals surface area contributed by atoms with Gasteiger partial charge in [0.15, 0.2) is 0 Å². The molecule has 1 saturated heterocycles. The van der Waals surface area contributed by atoms with Gasteiger partial charge in [-0.05, 0) is 47.2 Å². The van der Waals surface area contributed by atoms with Gasteiger partial charge in [-0.25, -0.2) is 8.78 Å².